The maximum atomic E-state index is 5.05. The monoisotopic (exact) mass is 398 g/mol. The zero-order chi connectivity index (χ0) is 21.0. The minimum atomic E-state index is -0.0507. The molecule has 0 spiro atoms. The maximum Gasteiger partial charge on any atom is 0.160 e. The van der Waals surface area contributed by atoms with Crippen LogP contribution in [-0.2, 0) is 5.41 Å². The van der Waals surface area contributed by atoms with Gasteiger partial charge in [-0.3, -0.25) is 0 Å². The molecule has 0 fully saturated rings. The van der Waals surface area contributed by atoms with Crippen LogP contribution in [-0.4, -0.2) is 9.97 Å². The summed E-state index contributed by atoms with van der Waals surface area (Å²) in [5.74, 6) is 0.764. The lowest BCUT2D eigenvalue weighted by atomic mass is 9.82. The molecule has 1 aromatic heterocycles. The molecule has 0 atom stereocenters. The van der Waals surface area contributed by atoms with Gasteiger partial charge in [0.1, 0.15) is 0 Å². The Kier molecular flexibility index (Phi) is 3.85. The van der Waals surface area contributed by atoms with Crippen LogP contribution < -0.4 is 0 Å². The first kappa shape index (κ1) is 18.0. The molecule has 4 aromatic carbocycles. The summed E-state index contributed by atoms with van der Waals surface area (Å²) in [7, 11) is 0. The summed E-state index contributed by atoms with van der Waals surface area (Å²) in [6.07, 6.45) is 0. The second-order valence-corrected chi connectivity index (χ2v) is 8.71. The van der Waals surface area contributed by atoms with Gasteiger partial charge in [0.05, 0.1) is 11.2 Å². The van der Waals surface area contributed by atoms with Crippen LogP contribution in [0.3, 0.4) is 0 Å². The smallest absolute Gasteiger partial charge is 0.160 e. The summed E-state index contributed by atoms with van der Waals surface area (Å²) in [6.45, 7) is 4.61. The van der Waals surface area contributed by atoms with Crippen molar-refractivity contribution in [2.75, 3.05) is 0 Å². The van der Waals surface area contributed by atoms with E-state index in [1.165, 1.54) is 22.3 Å². The molecule has 0 saturated heterocycles. The molecule has 148 valence electrons. The SMILES string of the molecule is CC1(C)c2ccccc2-c2cc3c(-c4ccccc4)nc(-c4ccccc4)nc3cc21. The normalized spacial score (nSPS) is 13.7. The van der Waals surface area contributed by atoms with Gasteiger partial charge in [-0.2, -0.15) is 0 Å². The highest BCUT2D eigenvalue weighted by molar-refractivity contribution is 5.99. The van der Waals surface area contributed by atoms with E-state index < -0.39 is 0 Å². The van der Waals surface area contributed by atoms with Gasteiger partial charge in [0, 0.05) is 21.9 Å². The molecular formula is C29H22N2. The Bertz CT molecular complexity index is 1430. The number of hydrogen-bond donors (Lipinski definition) is 0. The molecule has 0 amide bonds. The number of nitrogens with zero attached hydrogens (tertiary/aromatic N) is 2. The number of fused-ring (bicyclic) bond motifs is 4. The van der Waals surface area contributed by atoms with Crippen molar-refractivity contribution in [3.8, 4) is 33.8 Å². The third-order valence-corrected chi connectivity index (χ3v) is 6.48. The van der Waals surface area contributed by atoms with Gasteiger partial charge in [-0.25, -0.2) is 9.97 Å². The molecule has 0 radical (unpaired) electrons. The lowest BCUT2D eigenvalue weighted by Gasteiger charge is -2.21. The van der Waals surface area contributed by atoms with E-state index in [1.807, 2.05) is 24.3 Å². The Labute approximate surface area is 182 Å². The van der Waals surface area contributed by atoms with Crippen molar-refractivity contribution < 1.29 is 0 Å². The predicted molar refractivity (Wildman–Crippen MR) is 128 cm³/mol. The van der Waals surface area contributed by atoms with E-state index in [0.29, 0.717) is 0 Å². The van der Waals surface area contributed by atoms with E-state index in [9.17, 15) is 0 Å². The Balaban J connectivity index is 1.70. The van der Waals surface area contributed by atoms with Gasteiger partial charge in [-0.1, -0.05) is 98.8 Å². The topological polar surface area (TPSA) is 25.8 Å². The van der Waals surface area contributed by atoms with Crippen LogP contribution in [0.5, 0.6) is 0 Å². The van der Waals surface area contributed by atoms with Gasteiger partial charge < -0.3 is 0 Å². The number of aromatic nitrogens is 2. The first-order chi connectivity index (χ1) is 15.1. The van der Waals surface area contributed by atoms with E-state index >= 15 is 0 Å². The average molecular weight is 399 g/mol. The summed E-state index contributed by atoms with van der Waals surface area (Å²) < 4.78 is 0. The lowest BCUT2D eigenvalue weighted by Crippen LogP contribution is -2.15. The molecule has 6 rings (SSSR count). The van der Waals surface area contributed by atoms with Gasteiger partial charge in [0.2, 0.25) is 0 Å². The molecule has 5 aromatic rings. The third kappa shape index (κ3) is 2.72. The first-order valence-corrected chi connectivity index (χ1v) is 10.7. The second kappa shape index (κ2) is 6.61. The summed E-state index contributed by atoms with van der Waals surface area (Å²) in [5.41, 5.74) is 9.38. The third-order valence-electron chi connectivity index (χ3n) is 6.48. The summed E-state index contributed by atoms with van der Waals surface area (Å²) in [4.78, 5) is 10.1. The average Bonchev–Trinajstić information content (AvgIpc) is 3.05. The molecule has 1 aliphatic rings. The minimum absolute atomic E-state index is 0.0507. The number of hydrogen-bond acceptors (Lipinski definition) is 2. The van der Waals surface area contributed by atoms with Crippen LogP contribution in [0.2, 0.25) is 0 Å². The predicted octanol–water partition coefficient (Wildman–Crippen LogP) is 7.27. The molecule has 1 aliphatic carbocycles. The fourth-order valence-corrected chi connectivity index (χ4v) is 4.86. The maximum absolute atomic E-state index is 5.05. The van der Waals surface area contributed by atoms with Crippen molar-refractivity contribution in [2.45, 2.75) is 19.3 Å². The van der Waals surface area contributed by atoms with E-state index in [-0.39, 0.29) is 5.41 Å². The largest absolute Gasteiger partial charge is 0.228 e. The molecule has 0 aliphatic heterocycles. The van der Waals surface area contributed by atoms with Crippen LogP contribution in [0.4, 0.5) is 0 Å². The fraction of sp³-hybridized carbons (Fsp3) is 0.103. The van der Waals surface area contributed by atoms with Gasteiger partial charge in [0.25, 0.3) is 0 Å². The first-order valence-electron chi connectivity index (χ1n) is 10.7. The van der Waals surface area contributed by atoms with Crippen molar-refractivity contribution in [1.29, 1.82) is 0 Å². The van der Waals surface area contributed by atoms with Crippen molar-refractivity contribution in [2.24, 2.45) is 0 Å². The molecule has 2 nitrogen and oxygen atoms in total. The minimum Gasteiger partial charge on any atom is -0.228 e. The van der Waals surface area contributed by atoms with E-state index in [0.717, 1.165) is 33.5 Å². The zero-order valence-corrected chi connectivity index (χ0v) is 17.6. The Morgan fingerprint density at radius 2 is 1.23 bits per heavy atom. The standard InChI is InChI=1S/C29H22N2/c1-29(2)24-16-10-9-15-21(24)22-17-23-26(18-25(22)29)30-28(20-13-7-4-8-14-20)31-27(23)19-11-5-3-6-12-19/h3-18H,1-2H3. The summed E-state index contributed by atoms with van der Waals surface area (Å²) >= 11 is 0. The number of benzene rings is 4. The van der Waals surface area contributed by atoms with Crippen molar-refractivity contribution >= 4 is 10.9 Å². The molecule has 0 bridgehead atoms. The van der Waals surface area contributed by atoms with Gasteiger partial charge in [-0.05, 0) is 34.4 Å². The van der Waals surface area contributed by atoms with Gasteiger partial charge in [0.15, 0.2) is 5.82 Å². The number of rotatable bonds is 2. The van der Waals surface area contributed by atoms with Crippen molar-refractivity contribution in [3.63, 3.8) is 0 Å². The summed E-state index contributed by atoms with van der Waals surface area (Å²) in [5, 5.41) is 1.09. The van der Waals surface area contributed by atoms with Gasteiger partial charge in [-0.15, -0.1) is 0 Å². The quantitative estimate of drug-likeness (QED) is 0.312. The van der Waals surface area contributed by atoms with Crippen LogP contribution >= 0.6 is 0 Å². The van der Waals surface area contributed by atoms with E-state index in [1.54, 1.807) is 0 Å². The molecule has 2 heteroatoms. The van der Waals surface area contributed by atoms with Crippen LogP contribution in [0.15, 0.2) is 97.1 Å². The zero-order valence-electron chi connectivity index (χ0n) is 17.6. The van der Waals surface area contributed by atoms with Crippen LogP contribution in [0.25, 0.3) is 44.7 Å². The van der Waals surface area contributed by atoms with Crippen LogP contribution in [0.1, 0.15) is 25.0 Å². The molecular weight excluding hydrogens is 376 g/mol. The molecule has 31 heavy (non-hydrogen) atoms. The fourth-order valence-electron chi connectivity index (χ4n) is 4.86. The van der Waals surface area contributed by atoms with Crippen LogP contribution in [0, 0.1) is 0 Å². The van der Waals surface area contributed by atoms with Crippen molar-refractivity contribution in [1.82, 2.24) is 9.97 Å². The molecule has 1 heterocycles. The Hall–Kier alpha value is -3.78. The van der Waals surface area contributed by atoms with E-state index in [4.69, 9.17) is 9.97 Å². The van der Waals surface area contributed by atoms with Gasteiger partial charge >= 0.3 is 0 Å². The lowest BCUT2D eigenvalue weighted by molar-refractivity contribution is 0.661. The molecule has 0 N–H and O–H groups in total. The highest BCUT2D eigenvalue weighted by Crippen LogP contribution is 2.50. The highest BCUT2D eigenvalue weighted by atomic mass is 14.9. The van der Waals surface area contributed by atoms with E-state index in [2.05, 4.69) is 86.6 Å². The second-order valence-electron chi connectivity index (χ2n) is 8.71. The highest BCUT2D eigenvalue weighted by Gasteiger charge is 2.35. The van der Waals surface area contributed by atoms with Crippen molar-refractivity contribution in [3.05, 3.63) is 108 Å². The Morgan fingerprint density at radius 3 is 1.97 bits per heavy atom. The molecule has 0 unspecified atom stereocenters. The Morgan fingerprint density at radius 1 is 0.581 bits per heavy atom. The summed E-state index contributed by atoms with van der Waals surface area (Å²) in [6, 6.07) is 34.0. The molecule has 0 saturated carbocycles.